The summed E-state index contributed by atoms with van der Waals surface area (Å²) in [6.45, 7) is 11.3. The summed E-state index contributed by atoms with van der Waals surface area (Å²) in [5, 5.41) is 3.63. The number of hydrogen-bond donors (Lipinski definition) is 1. The lowest BCUT2D eigenvalue weighted by molar-refractivity contribution is -0.110. The Morgan fingerprint density at radius 2 is 2.00 bits per heavy atom. The van der Waals surface area contributed by atoms with Crippen molar-refractivity contribution in [1.82, 2.24) is 5.32 Å². The molecule has 2 atom stereocenters. The number of nitrogens with one attached hydrogen (secondary N) is 1. The van der Waals surface area contributed by atoms with Crippen LogP contribution >= 0.6 is 11.8 Å². The van der Waals surface area contributed by atoms with E-state index in [0.717, 1.165) is 25.0 Å². The van der Waals surface area contributed by atoms with Crippen LogP contribution in [0.25, 0.3) is 0 Å². The van der Waals surface area contributed by atoms with E-state index in [1.807, 2.05) is 0 Å². The molecule has 0 saturated carbocycles. The Hall–Kier alpha value is 0.270. The van der Waals surface area contributed by atoms with E-state index in [4.69, 9.17) is 4.74 Å². The third-order valence-corrected chi connectivity index (χ3v) is 5.98. The smallest absolute Gasteiger partial charge is 0.0701 e. The molecule has 3 heteroatoms. The van der Waals surface area contributed by atoms with E-state index in [2.05, 4.69) is 44.8 Å². The molecule has 2 nitrogen and oxygen atoms in total. The van der Waals surface area contributed by atoms with Crippen LogP contribution in [0.2, 0.25) is 0 Å². The molecule has 20 heavy (non-hydrogen) atoms. The second-order valence-corrected chi connectivity index (χ2v) is 9.06. The second kappa shape index (κ2) is 7.02. The molecule has 2 saturated heterocycles. The van der Waals surface area contributed by atoms with Crippen LogP contribution in [-0.4, -0.2) is 35.8 Å². The summed E-state index contributed by atoms with van der Waals surface area (Å²) < 4.78 is 6.22. The van der Waals surface area contributed by atoms with Crippen LogP contribution < -0.4 is 5.32 Å². The van der Waals surface area contributed by atoms with Gasteiger partial charge >= 0.3 is 0 Å². The maximum Gasteiger partial charge on any atom is 0.0701 e. The van der Waals surface area contributed by atoms with E-state index in [1.165, 1.54) is 43.6 Å². The van der Waals surface area contributed by atoms with Crippen molar-refractivity contribution in [2.24, 2.45) is 11.8 Å². The van der Waals surface area contributed by atoms with Crippen LogP contribution in [0.4, 0.5) is 0 Å². The van der Waals surface area contributed by atoms with E-state index in [9.17, 15) is 0 Å². The summed E-state index contributed by atoms with van der Waals surface area (Å²) in [6.07, 6.45) is 6.44. The Bertz CT molecular complexity index is 288. The topological polar surface area (TPSA) is 21.3 Å². The molecule has 0 aliphatic carbocycles. The van der Waals surface area contributed by atoms with Crippen LogP contribution in [0.15, 0.2) is 0 Å². The van der Waals surface area contributed by atoms with Gasteiger partial charge in [0.2, 0.25) is 0 Å². The maximum absolute atomic E-state index is 6.22. The van der Waals surface area contributed by atoms with Gasteiger partial charge < -0.3 is 10.1 Å². The Morgan fingerprint density at radius 3 is 2.65 bits per heavy atom. The van der Waals surface area contributed by atoms with E-state index in [1.54, 1.807) is 0 Å². The lowest BCUT2D eigenvalue weighted by atomic mass is 9.75. The van der Waals surface area contributed by atoms with Gasteiger partial charge in [-0.2, -0.15) is 11.8 Å². The molecule has 2 fully saturated rings. The first kappa shape index (κ1) is 16.6. The molecule has 0 bridgehead atoms. The number of ether oxygens (including phenoxy) is 1. The van der Waals surface area contributed by atoms with Gasteiger partial charge in [-0.05, 0) is 82.8 Å². The summed E-state index contributed by atoms with van der Waals surface area (Å²) in [7, 11) is 0. The van der Waals surface area contributed by atoms with Gasteiger partial charge in [0, 0.05) is 12.1 Å². The number of hydrogen-bond acceptors (Lipinski definition) is 3. The van der Waals surface area contributed by atoms with Crippen molar-refractivity contribution in [3.05, 3.63) is 0 Å². The lowest BCUT2D eigenvalue weighted by Crippen LogP contribution is -2.44. The van der Waals surface area contributed by atoms with Gasteiger partial charge in [-0.25, -0.2) is 0 Å². The molecule has 1 N–H and O–H groups in total. The van der Waals surface area contributed by atoms with Crippen LogP contribution in [0.5, 0.6) is 0 Å². The summed E-state index contributed by atoms with van der Waals surface area (Å²) >= 11 is 2.10. The first-order valence-electron chi connectivity index (χ1n) is 8.37. The average Bonchev–Trinajstić information content (AvgIpc) is 2.38. The minimum absolute atomic E-state index is 0.247. The van der Waals surface area contributed by atoms with Crippen molar-refractivity contribution in [3.63, 3.8) is 0 Å². The van der Waals surface area contributed by atoms with Crippen molar-refractivity contribution in [2.75, 3.05) is 24.7 Å². The molecule has 2 heterocycles. The third-order valence-electron chi connectivity index (χ3n) is 4.99. The van der Waals surface area contributed by atoms with Gasteiger partial charge in [-0.1, -0.05) is 6.92 Å². The zero-order valence-corrected chi connectivity index (χ0v) is 14.7. The largest absolute Gasteiger partial charge is 0.375 e. The first-order chi connectivity index (χ1) is 9.40. The van der Waals surface area contributed by atoms with Gasteiger partial charge in [0.1, 0.15) is 0 Å². The fourth-order valence-electron chi connectivity index (χ4n) is 3.55. The summed E-state index contributed by atoms with van der Waals surface area (Å²) in [5.41, 5.74) is 0.497. The Labute approximate surface area is 129 Å². The Kier molecular flexibility index (Phi) is 5.84. The van der Waals surface area contributed by atoms with Crippen molar-refractivity contribution in [3.8, 4) is 0 Å². The fraction of sp³-hybridized carbons (Fsp3) is 1.00. The van der Waals surface area contributed by atoms with Gasteiger partial charge in [-0.3, -0.25) is 0 Å². The zero-order chi connectivity index (χ0) is 14.6. The lowest BCUT2D eigenvalue weighted by Gasteiger charge is -2.45. The standard InChI is InChI=1S/C17H33NOS/c1-14(5-9-18-16(2,3)4)15-6-10-19-17(13-15)7-11-20-12-8-17/h14-15,18H,5-13H2,1-4H3. The van der Waals surface area contributed by atoms with Crippen molar-refractivity contribution >= 4 is 11.8 Å². The Morgan fingerprint density at radius 1 is 1.30 bits per heavy atom. The third kappa shape index (κ3) is 4.92. The van der Waals surface area contributed by atoms with Crippen molar-refractivity contribution < 1.29 is 4.74 Å². The average molecular weight is 300 g/mol. The molecule has 0 aromatic heterocycles. The summed E-state index contributed by atoms with van der Waals surface area (Å²) in [6, 6.07) is 0. The zero-order valence-electron chi connectivity index (χ0n) is 13.8. The molecule has 2 aliphatic heterocycles. The summed E-state index contributed by atoms with van der Waals surface area (Å²) in [4.78, 5) is 0. The van der Waals surface area contributed by atoms with Crippen molar-refractivity contribution in [2.45, 2.75) is 70.9 Å². The highest BCUT2D eigenvalue weighted by molar-refractivity contribution is 7.99. The minimum atomic E-state index is 0.247. The van der Waals surface area contributed by atoms with Gasteiger partial charge in [0.05, 0.1) is 5.60 Å². The van der Waals surface area contributed by atoms with E-state index < -0.39 is 0 Å². The first-order valence-corrected chi connectivity index (χ1v) is 9.52. The highest BCUT2D eigenvalue weighted by Crippen LogP contribution is 2.42. The molecule has 0 aromatic rings. The van der Waals surface area contributed by atoms with Gasteiger partial charge in [-0.15, -0.1) is 0 Å². The minimum Gasteiger partial charge on any atom is -0.375 e. The molecular formula is C17H33NOS. The number of rotatable bonds is 4. The maximum atomic E-state index is 6.22. The fourth-order valence-corrected chi connectivity index (χ4v) is 4.79. The van der Waals surface area contributed by atoms with Crippen LogP contribution in [0.3, 0.4) is 0 Å². The molecule has 118 valence electrons. The van der Waals surface area contributed by atoms with Crippen LogP contribution in [0.1, 0.15) is 59.8 Å². The van der Waals surface area contributed by atoms with Crippen LogP contribution in [-0.2, 0) is 4.74 Å². The molecule has 0 aromatic carbocycles. The van der Waals surface area contributed by atoms with Gasteiger partial charge in [0.15, 0.2) is 0 Å². The molecule has 2 aliphatic rings. The second-order valence-electron chi connectivity index (χ2n) is 7.84. The molecule has 0 radical (unpaired) electrons. The molecular weight excluding hydrogens is 266 g/mol. The molecule has 2 unspecified atom stereocenters. The molecule has 2 rings (SSSR count). The molecule has 0 amide bonds. The van der Waals surface area contributed by atoms with Crippen molar-refractivity contribution in [1.29, 1.82) is 0 Å². The monoisotopic (exact) mass is 299 g/mol. The predicted octanol–water partition coefficient (Wildman–Crippen LogP) is 4.09. The predicted molar refractivity (Wildman–Crippen MR) is 89.5 cm³/mol. The van der Waals surface area contributed by atoms with E-state index in [-0.39, 0.29) is 11.1 Å². The van der Waals surface area contributed by atoms with E-state index in [0.29, 0.717) is 0 Å². The quantitative estimate of drug-likeness (QED) is 0.844. The Balaban J connectivity index is 1.79. The molecule has 1 spiro atoms. The highest BCUT2D eigenvalue weighted by Gasteiger charge is 2.39. The highest BCUT2D eigenvalue weighted by atomic mass is 32.2. The number of thioether (sulfide) groups is 1. The van der Waals surface area contributed by atoms with Gasteiger partial charge in [0.25, 0.3) is 0 Å². The van der Waals surface area contributed by atoms with Crippen LogP contribution in [0, 0.1) is 11.8 Å². The van der Waals surface area contributed by atoms with E-state index >= 15 is 0 Å². The SMILES string of the molecule is CC(CCNC(C)(C)C)C1CCOC2(CCSCC2)C1. The summed E-state index contributed by atoms with van der Waals surface area (Å²) in [5.74, 6) is 4.29. The normalized spacial score (nSPS) is 28.5.